The molecule has 0 bridgehead atoms. The third-order valence-corrected chi connectivity index (χ3v) is 5.25. The van der Waals surface area contributed by atoms with Crippen LogP contribution in [0.4, 0.5) is 0 Å². The van der Waals surface area contributed by atoms with Crippen LogP contribution in [-0.4, -0.2) is 27.4 Å². The molecule has 0 spiro atoms. The highest BCUT2D eigenvalue weighted by Gasteiger charge is 2.21. The molecule has 0 N–H and O–H groups in total. The van der Waals surface area contributed by atoms with Crippen molar-refractivity contribution in [1.82, 2.24) is 14.5 Å². The van der Waals surface area contributed by atoms with E-state index in [1.165, 1.54) is 0 Å². The quantitative estimate of drug-likeness (QED) is 0.731. The summed E-state index contributed by atoms with van der Waals surface area (Å²) in [5.74, 6) is 0.740. The number of hydrogen-bond donors (Lipinski definition) is 0. The van der Waals surface area contributed by atoms with Gasteiger partial charge >= 0.3 is 0 Å². The molecule has 5 heteroatoms. The van der Waals surface area contributed by atoms with Crippen molar-refractivity contribution < 1.29 is 4.79 Å². The highest BCUT2D eigenvalue weighted by Crippen LogP contribution is 2.22. The number of aromatic nitrogens is 2. The summed E-state index contributed by atoms with van der Waals surface area (Å²) >= 11 is 0. The summed E-state index contributed by atoms with van der Waals surface area (Å²) in [5, 5.41) is 0.575. The summed E-state index contributed by atoms with van der Waals surface area (Å²) in [4.78, 5) is 31.8. The molecule has 0 unspecified atom stereocenters. The zero-order valence-corrected chi connectivity index (χ0v) is 15.0. The lowest BCUT2D eigenvalue weighted by atomic mass is 10.1. The minimum Gasteiger partial charge on any atom is -0.335 e. The number of benzene rings is 2. The van der Waals surface area contributed by atoms with Crippen molar-refractivity contribution in [3.05, 3.63) is 75.8 Å². The first-order valence-corrected chi connectivity index (χ1v) is 8.92. The maximum atomic E-state index is 12.9. The second kappa shape index (κ2) is 6.41. The Balaban J connectivity index is 1.69. The summed E-state index contributed by atoms with van der Waals surface area (Å²) in [6, 6.07) is 15.1. The van der Waals surface area contributed by atoms with E-state index in [1.807, 2.05) is 37.3 Å². The first kappa shape index (κ1) is 16.5. The first-order valence-electron chi connectivity index (χ1n) is 8.92. The first-order chi connectivity index (χ1) is 12.6. The molecule has 1 aliphatic rings. The Labute approximate surface area is 151 Å². The zero-order chi connectivity index (χ0) is 18.3. The van der Waals surface area contributed by atoms with Gasteiger partial charge in [0.1, 0.15) is 5.82 Å². The molecular weight excluding hydrogens is 326 g/mol. The summed E-state index contributed by atoms with van der Waals surface area (Å²) in [5.41, 5.74) is 2.23. The average Bonchev–Trinajstić information content (AvgIpc) is 3.15. The molecule has 2 aromatic carbocycles. The van der Waals surface area contributed by atoms with Crippen LogP contribution in [0.1, 0.15) is 41.1 Å². The molecule has 3 aromatic rings. The van der Waals surface area contributed by atoms with Crippen LogP contribution in [0.3, 0.4) is 0 Å². The number of carbonyl (C=O) groups excluding carboxylic acids is 1. The number of carbonyl (C=O) groups is 1. The molecule has 1 aliphatic heterocycles. The molecular formula is C21H21N3O2. The number of fused-ring (bicyclic) bond motifs is 2. The Hall–Kier alpha value is -2.95. The predicted molar refractivity (Wildman–Crippen MR) is 101 cm³/mol. The monoisotopic (exact) mass is 347 g/mol. The Morgan fingerprint density at radius 3 is 2.73 bits per heavy atom. The highest BCUT2D eigenvalue weighted by molar-refractivity contribution is 5.97. The highest BCUT2D eigenvalue weighted by atomic mass is 16.2. The summed E-state index contributed by atoms with van der Waals surface area (Å²) < 4.78 is 1.74. The second-order valence-corrected chi connectivity index (χ2v) is 6.82. The van der Waals surface area contributed by atoms with Crippen LogP contribution in [0.25, 0.3) is 10.9 Å². The van der Waals surface area contributed by atoms with Gasteiger partial charge < -0.3 is 4.90 Å². The fraction of sp³-hybridized carbons (Fsp3) is 0.286. The van der Waals surface area contributed by atoms with Gasteiger partial charge in [-0.3, -0.25) is 14.2 Å². The third-order valence-electron chi connectivity index (χ3n) is 5.25. The normalized spacial score (nSPS) is 14.2. The van der Waals surface area contributed by atoms with Gasteiger partial charge in [-0.25, -0.2) is 4.98 Å². The van der Waals surface area contributed by atoms with Gasteiger partial charge in [-0.2, -0.15) is 0 Å². The lowest BCUT2D eigenvalue weighted by molar-refractivity contribution is 0.0743. The molecule has 2 heterocycles. The van der Waals surface area contributed by atoms with Crippen LogP contribution >= 0.6 is 0 Å². The minimum absolute atomic E-state index is 0.00694. The molecule has 0 radical (unpaired) electrons. The van der Waals surface area contributed by atoms with Gasteiger partial charge in [-0.15, -0.1) is 0 Å². The Morgan fingerprint density at radius 1 is 1.19 bits per heavy atom. The SMILES string of the molecule is C[C@@H](c1ccccc1)N(C)C(=O)c1ccc2c(=O)n3c(nc2c1)CCC3. The smallest absolute Gasteiger partial charge is 0.261 e. The van der Waals surface area contributed by atoms with Gasteiger partial charge in [-0.1, -0.05) is 30.3 Å². The number of rotatable bonds is 3. The average molecular weight is 347 g/mol. The summed E-state index contributed by atoms with van der Waals surface area (Å²) in [7, 11) is 1.80. The lowest BCUT2D eigenvalue weighted by Gasteiger charge is -2.25. The molecule has 0 saturated carbocycles. The van der Waals surface area contributed by atoms with Crippen molar-refractivity contribution in [2.45, 2.75) is 32.4 Å². The van der Waals surface area contributed by atoms with Crippen molar-refractivity contribution in [3.8, 4) is 0 Å². The number of hydrogen-bond acceptors (Lipinski definition) is 3. The molecule has 0 saturated heterocycles. The molecule has 0 aliphatic carbocycles. The van der Waals surface area contributed by atoms with Gasteiger partial charge in [0.2, 0.25) is 0 Å². The van der Waals surface area contributed by atoms with Crippen molar-refractivity contribution in [2.75, 3.05) is 7.05 Å². The molecule has 1 aromatic heterocycles. The van der Waals surface area contributed by atoms with Crippen LogP contribution < -0.4 is 5.56 Å². The largest absolute Gasteiger partial charge is 0.335 e. The lowest BCUT2D eigenvalue weighted by Crippen LogP contribution is -2.29. The number of aryl methyl sites for hydroxylation is 1. The van der Waals surface area contributed by atoms with Gasteiger partial charge in [-0.05, 0) is 37.1 Å². The van der Waals surface area contributed by atoms with E-state index >= 15 is 0 Å². The van der Waals surface area contributed by atoms with E-state index in [-0.39, 0.29) is 17.5 Å². The van der Waals surface area contributed by atoms with E-state index in [2.05, 4.69) is 4.98 Å². The molecule has 4 rings (SSSR count). The van der Waals surface area contributed by atoms with E-state index in [4.69, 9.17) is 0 Å². The summed E-state index contributed by atoms with van der Waals surface area (Å²) in [6.07, 6.45) is 1.76. The predicted octanol–water partition coefficient (Wildman–Crippen LogP) is 3.18. The topological polar surface area (TPSA) is 55.2 Å². The molecule has 1 atom stereocenters. The fourth-order valence-corrected chi connectivity index (χ4v) is 3.55. The Kier molecular flexibility index (Phi) is 4.07. The maximum Gasteiger partial charge on any atom is 0.261 e. The Bertz CT molecular complexity index is 1040. The molecule has 132 valence electrons. The minimum atomic E-state index is -0.0781. The van der Waals surface area contributed by atoms with Crippen molar-refractivity contribution in [1.29, 1.82) is 0 Å². The van der Waals surface area contributed by atoms with Gasteiger partial charge in [0.25, 0.3) is 11.5 Å². The van der Waals surface area contributed by atoms with E-state index in [0.717, 1.165) is 30.8 Å². The number of amides is 1. The van der Waals surface area contributed by atoms with Crippen molar-refractivity contribution in [3.63, 3.8) is 0 Å². The van der Waals surface area contributed by atoms with Crippen LogP contribution in [-0.2, 0) is 13.0 Å². The zero-order valence-electron chi connectivity index (χ0n) is 15.0. The van der Waals surface area contributed by atoms with Gasteiger partial charge in [0.05, 0.1) is 16.9 Å². The Morgan fingerprint density at radius 2 is 1.96 bits per heavy atom. The summed E-state index contributed by atoms with van der Waals surface area (Å²) in [6.45, 7) is 2.74. The van der Waals surface area contributed by atoms with Crippen LogP contribution in [0.5, 0.6) is 0 Å². The van der Waals surface area contributed by atoms with Gasteiger partial charge in [0, 0.05) is 25.6 Å². The van der Waals surface area contributed by atoms with Crippen LogP contribution in [0, 0.1) is 0 Å². The maximum absolute atomic E-state index is 12.9. The van der Waals surface area contributed by atoms with Crippen molar-refractivity contribution >= 4 is 16.8 Å². The second-order valence-electron chi connectivity index (χ2n) is 6.82. The fourth-order valence-electron chi connectivity index (χ4n) is 3.55. The molecule has 26 heavy (non-hydrogen) atoms. The van der Waals surface area contributed by atoms with Crippen LogP contribution in [0.2, 0.25) is 0 Å². The molecule has 5 nitrogen and oxygen atoms in total. The van der Waals surface area contributed by atoms with Gasteiger partial charge in [0.15, 0.2) is 0 Å². The van der Waals surface area contributed by atoms with E-state index in [0.29, 0.717) is 16.5 Å². The van der Waals surface area contributed by atoms with E-state index in [1.54, 1.807) is 34.7 Å². The van der Waals surface area contributed by atoms with E-state index in [9.17, 15) is 9.59 Å². The molecule has 1 amide bonds. The third kappa shape index (κ3) is 2.69. The van der Waals surface area contributed by atoms with Crippen molar-refractivity contribution in [2.24, 2.45) is 0 Å². The van der Waals surface area contributed by atoms with Crippen LogP contribution in [0.15, 0.2) is 53.3 Å². The number of nitrogens with zero attached hydrogens (tertiary/aromatic N) is 3. The van der Waals surface area contributed by atoms with E-state index < -0.39 is 0 Å². The molecule has 0 fully saturated rings. The standard InChI is InChI=1S/C21H21N3O2/c1-14(15-7-4-3-5-8-15)23(2)20(25)16-10-11-17-18(13-16)22-19-9-6-12-24(19)21(17)26/h3-5,7-8,10-11,13-14H,6,9,12H2,1-2H3/t14-/m0/s1.